The van der Waals surface area contributed by atoms with Gasteiger partial charge in [0.25, 0.3) is 0 Å². The molecule has 4 rings (SSSR count). The van der Waals surface area contributed by atoms with Crippen LogP contribution in [0.25, 0.3) is 10.2 Å². The third kappa shape index (κ3) is 3.23. The van der Waals surface area contributed by atoms with E-state index in [-0.39, 0.29) is 17.9 Å². The van der Waals surface area contributed by atoms with Crippen LogP contribution in [-0.2, 0) is 4.79 Å². The number of nitrogens with zero attached hydrogens (tertiary/aromatic N) is 3. The number of thiophene rings is 1. The zero-order valence-corrected chi connectivity index (χ0v) is 14.5. The standard InChI is InChI=1S/C17H23N5OS/c23-16(21-13-4-1-6-18-9-13)12-3-2-7-22(10-12)15-14-5-8-24-17(14)20-11-19-15/h5,8,11-13,18H,1-4,6-7,9-10H2,(H,21,23)/t12?,13-/m0/s1. The number of hydrogen-bond donors (Lipinski definition) is 2. The van der Waals surface area contributed by atoms with Gasteiger partial charge in [-0.15, -0.1) is 11.3 Å². The van der Waals surface area contributed by atoms with Crippen LogP contribution in [0.1, 0.15) is 25.7 Å². The number of carbonyl (C=O) groups is 1. The summed E-state index contributed by atoms with van der Waals surface area (Å²) < 4.78 is 0. The van der Waals surface area contributed by atoms with E-state index < -0.39 is 0 Å². The molecule has 0 saturated carbocycles. The monoisotopic (exact) mass is 345 g/mol. The maximum Gasteiger partial charge on any atom is 0.225 e. The minimum Gasteiger partial charge on any atom is -0.355 e. The molecular formula is C17H23N5OS. The molecule has 0 radical (unpaired) electrons. The Hall–Kier alpha value is -1.73. The molecule has 1 amide bonds. The Morgan fingerprint density at radius 3 is 3.17 bits per heavy atom. The van der Waals surface area contributed by atoms with Crippen molar-refractivity contribution in [3.63, 3.8) is 0 Å². The molecule has 24 heavy (non-hydrogen) atoms. The van der Waals surface area contributed by atoms with E-state index in [2.05, 4.69) is 31.6 Å². The Kier molecular flexibility index (Phi) is 4.62. The lowest BCUT2D eigenvalue weighted by atomic mass is 9.96. The summed E-state index contributed by atoms with van der Waals surface area (Å²) in [5, 5.41) is 9.73. The fourth-order valence-corrected chi connectivity index (χ4v) is 4.43. The van der Waals surface area contributed by atoms with Gasteiger partial charge in [0.2, 0.25) is 5.91 Å². The second kappa shape index (κ2) is 7.03. The molecule has 2 saturated heterocycles. The third-order valence-electron chi connectivity index (χ3n) is 4.98. The molecule has 0 aliphatic carbocycles. The lowest BCUT2D eigenvalue weighted by molar-refractivity contribution is -0.126. The maximum absolute atomic E-state index is 12.7. The summed E-state index contributed by atoms with van der Waals surface area (Å²) in [6.45, 7) is 3.65. The average Bonchev–Trinajstić information content (AvgIpc) is 3.11. The molecule has 2 atom stereocenters. The number of carbonyl (C=O) groups excluding carboxylic acids is 1. The van der Waals surface area contributed by atoms with Crippen LogP contribution < -0.4 is 15.5 Å². The van der Waals surface area contributed by atoms with Gasteiger partial charge in [0.05, 0.1) is 11.3 Å². The molecule has 4 heterocycles. The zero-order chi connectivity index (χ0) is 16.4. The van der Waals surface area contributed by atoms with Gasteiger partial charge in [0, 0.05) is 25.7 Å². The Balaban J connectivity index is 1.45. The molecule has 0 aromatic carbocycles. The van der Waals surface area contributed by atoms with E-state index in [9.17, 15) is 4.79 Å². The van der Waals surface area contributed by atoms with Crippen molar-refractivity contribution in [3.8, 4) is 0 Å². The number of rotatable bonds is 3. The van der Waals surface area contributed by atoms with Crippen molar-refractivity contribution in [1.82, 2.24) is 20.6 Å². The van der Waals surface area contributed by atoms with Crippen LogP contribution in [0.4, 0.5) is 5.82 Å². The predicted molar refractivity (Wildman–Crippen MR) is 96.4 cm³/mol. The molecule has 2 aliphatic heterocycles. The van der Waals surface area contributed by atoms with Gasteiger partial charge in [0.15, 0.2) is 0 Å². The molecular weight excluding hydrogens is 322 g/mol. The second-order valence-electron chi connectivity index (χ2n) is 6.67. The van der Waals surface area contributed by atoms with Crippen LogP contribution in [0.3, 0.4) is 0 Å². The number of fused-ring (bicyclic) bond motifs is 1. The highest BCUT2D eigenvalue weighted by atomic mass is 32.1. The summed E-state index contributed by atoms with van der Waals surface area (Å²) in [6.07, 6.45) is 5.83. The molecule has 2 aliphatic rings. The van der Waals surface area contributed by atoms with E-state index in [4.69, 9.17) is 0 Å². The molecule has 1 unspecified atom stereocenters. The highest BCUT2D eigenvalue weighted by Gasteiger charge is 2.29. The van der Waals surface area contributed by atoms with Crippen molar-refractivity contribution in [2.45, 2.75) is 31.7 Å². The number of amides is 1. The highest BCUT2D eigenvalue weighted by Crippen LogP contribution is 2.30. The van der Waals surface area contributed by atoms with Gasteiger partial charge >= 0.3 is 0 Å². The number of aromatic nitrogens is 2. The third-order valence-corrected chi connectivity index (χ3v) is 5.80. The number of anilines is 1. The van der Waals surface area contributed by atoms with Crippen molar-refractivity contribution >= 4 is 33.3 Å². The Bertz CT molecular complexity index is 712. The molecule has 0 spiro atoms. The van der Waals surface area contributed by atoms with Gasteiger partial charge in [-0.25, -0.2) is 9.97 Å². The largest absolute Gasteiger partial charge is 0.355 e. The van der Waals surface area contributed by atoms with E-state index in [0.717, 1.165) is 67.9 Å². The molecule has 2 aromatic rings. The van der Waals surface area contributed by atoms with Crippen LogP contribution in [0, 0.1) is 5.92 Å². The van der Waals surface area contributed by atoms with Gasteiger partial charge in [-0.2, -0.15) is 0 Å². The summed E-state index contributed by atoms with van der Waals surface area (Å²) in [4.78, 5) is 24.7. The molecule has 128 valence electrons. The minimum absolute atomic E-state index is 0.0457. The summed E-state index contributed by atoms with van der Waals surface area (Å²) in [5.41, 5.74) is 0. The number of piperidine rings is 2. The van der Waals surface area contributed by atoms with Crippen molar-refractivity contribution < 1.29 is 4.79 Å². The van der Waals surface area contributed by atoms with Crippen LogP contribution in [0.2, 0.25) is 0 Å². The van der Waals surface area contributed by atoms with Gasteiger partial charge < -0.3 is 15.5 Å². The van der Waals surface area contributed by atoms with Gasteiger partial charge in [0.1, 0.15) is 17.0 Å². The topological polar surface area (TPSA) is 70.2 Å². The summed E-state index contributed by atoms with van der Waals surface area (Å²) in [6, 6.07) is 2.36. The van der Waals surface area contributed by atoms with Crippen LogP contribution >= 0.6 is 11.3 Å². The lowest BCUT2D eigenvalue weighted by Gasteiger charge is -2.34. The van der Waals surface area contributed by atoms with E-state index in [1.54, 1.807) is 17.7 Å². The molecule has 2 fully saturated rings. The van der Waals surface area contributed by atoms with Gasteiger partial charge in [-0.1, -0.05) is 0 Å². The van der Waals surface area contributed by atoms with Crippen LogP contribution in [0.5, 0.6) is 0 Å². The fourth-order valence-electron chi connectivity index (χ4n) is 3.71. The zero-order valence-electron chi connectivity index (χ0n) is 13.7. The number of nitrogens with one attached hydrogen (secondary N) is 2. The predicted octanol–water partition coefficient (Wildman–Crippen LogP) is 1.78. The van der Waals surface area contributed by atoms with E-state index in [1.165, 1.54) is 0 Å². The Labute approximate surface area is 145 Å². The Morgan fingerprint density at radius 2 is 2.29 bits per heavy atom. The quantitative estimate of drug-likeness (QED) is 0.887. The molecule has 2 aromatic heterocycles. The first-order chi connectivity index (χ1) is 11.8. The van der Waals surface area contributed by atoms with Gasteiger partial charge in [-0.05, 0) is 43.7 Å². The van der Waals surface area contributed by atoms with Crippen molar-refractivity contribution in [2.75, 3.05) is 31.1 Å². The first kappa shape index (κ1) is 15.8. The second-order valence-corrected chi connectivity index (χ2v) is 7.57. The van der Waals surface area contributed by atoms with E-state index in [0.29, 0.717) is 0 Å². The first-order valence-electron chi connectivity index (χ1n) is 8.75. The smallest absolute Gasteiger partial charge is 0.225 e. The van der Waals surface area contributed by atoms with Crippen LogP contribution in [-0.4, -0.2) is 48.1 Å². The van der Waals surface area contributed by atoms with Crippen molar-refractivity contribution in [1.29, 1.82) is 0 Å². The van der Waals surface area contributed by atoms with Crippen molar-refractivity contribution in [2.24, 2.45) is 5.92 Å². The summed E-state index contributed by atoms with van der Waals surface area (Å²) in [5.74, 6) is 1.21. The van der Waals surface area contributed by atoms with Gasteiger partial charge in [-0.3, -0.25) is 4.79 Å². The summed E-state index contributed by atoms with van der Waals surface area (Å²) >= 11 is 1.63. The van der Waals surface area contributed by atoms with E-state index >= 15 is 0 Å². The first-order valence-corrected chi connectivity index (χ1v) is 9.63. The molecule has 6 nitrogen and oxygen atoms in total. The number of hydrogen-bond acceptors (Lipinski definition) is 6. The van der Waals surface area contributed by atoms with E-state index in [1.807, 2.05) is 5.38 Å². The van der Waals surface area contributed by atoms with Crippen LogP contribution in [0.15, 0.2) is 17.8 Å². The molecule has 7 heteroatoms. The fraction of sp³-hybridized carbons (Fsp3) is 0.588. The Morgan fingerprint density at radius 1 is 1.33 bits per heavy atom. The molecule has 2 N–H and O–H groups in total. The van der Waals surface area contributed by atoms with Crippen molar-refractivity contribution in [3.05, 3.63) is 17.8 Å². The highest BCUT2D eigenvalue weighted by molar-refractivity contribution is 7.16. The average molecular weight is 345 g/mol. The molecule has 0 bridgehead atoms. The lowest BCUT2D eigenvalue weighted by Crippen LogP contribution is -2.50. The maximum atomic E-state index is 12.7. The normalized spacial score (nSPS) is 24.9. The summed E-state index contributed by atoms with van der Waals surface area (Å²) in [7, 11) is 0. The SMILES string of the molecule is O=C(N[C@H]1CCCNC1)C1CCCN(c2ncnc3sccc23)C1. The minimum atomic E-state index is 0.0457.